The van der Waals surface area contributed by atoms with E-state index in [-0.39, 0.29) is 0 Å². The molecule has 2 heteroatoms. The van der Waals surface area contributed by atoms with Gasteiger partial charge in [-0.15, -0.1) is 0 Å². The quantitative estimate of drug-likeness (QED) is 0.398. The minimum Gasteiger partial charge on any atom is -0.365 e. The van der Waals surface area contributed by atoms with E-state index < -0.39 is 0 Å². The molecule has 0 bridgehead atoms. The van der Waals surface area contributed by atoms with E-state index in [1.165, 1.54) is 53.5 Å². The van der Waals surface area contributed by atoms with Gasteiger partial charge in [0, 0.05) is 0 Å². The fourth-order valence-corrected chi connectivity index (χ4v) is 3.52. The first kappa shape index (κ1) is 14.0. The second-order valence-electron chi connectivity index (χ2n) is 5.98. The molecule has 0 fully saturated rings. The van der Waals surface area contributed by atoms with E-state index in [1.54, 1.807) is 23.4 Å². The van der Waals surface area contributed by atoms with Crippen LogP contribution >= 0.6 is 0 Å². The molecular formula is C21H19NO. The first-order valence-electron chi connectivity index (χ1n) is 8.20. The van der Waals surface area contributed by atoms with Gasteiger partial charge in [-0.3, -0.25) is 0 Å². The number of hydrogen-bond donors (Lipinski definition) is 0. The van der Waals surface area contributed by atoms with E-state index >= 15 is 0 Å². The monoisotopic (exact) mass is 301 g/mol. The zero-order valence-electron chi connectivity index (χ0n) is 13.0. The molecular weight excluding hydrogens is 282 g/mol. The van der Waals surface area contributed by atoms with Crippen LogP contribution in [-0.2, 0) is 12.8 Å². The van der Waals surface area contributed by atoms with E-state index in [9.17, 15) is 0 Å². The van der Waals surface area contributed by atoms with Crippen LogP contribution in [0.2, 0.25) is 0 Å². The molecule has 0 saturated heterocycles. The average molecular weight is 301 g/mol. The van der Waals surface area contributed by atoms with Crippen molar-refractivity contribution in [1.82, 2.24) is 5.16 Å². The molecule has 23 heavy (non-hydrogen) atoms. The van der Waals surface area contributed by atoms with Crippen LogP contribution in [0.5, 0.6) is 0 Å². The Bertz CT molecular complexity index is 908. The topological polar surface area (TPSA) is 26.0 Å². The molecule has 0 spiro atoms. The number of benzene rings is 3. The van der Waals surface area contributed by atoms with Gasteiger partial charge in [0.2, 0.25) is 0 Å². The summed E-state index contributed by atoms with van der Waals surface area (Å²) in [4.78, 5) is 0. The molecule has 114 valence electrons. The van der Waals surface area contributed by atoms with Crippen molar-refractivity contribution in [3.8, 4) is 0 Å². The fourth-order valence-electron chi connectivity index (χ4n) is 3.52. The van der Waals surface area contributed by atoms with Crippen LogP contribution in [-0.4, -0.2) is 5.16 Å². The third-order valence-corrected chi connectivity index (χ3v) is 4.60. The number of aryl methyl sites for hydroxylation is 2. The molecule has 0 atom stereocenters. The smallest absolute Gasteiger partial charge is 0.123 e. The van der Waals surface area contributed by atoms with Crippen molar-refractivity contribution in [2.45, 2.75) is 25.7 Å². The van der Waals surface area contributed by atoms with Gasteiger partial charge in [-0.2, -0.15) is 0 Å². The number of hydrogen-bond acceptors (Lipinski definition) is 2. The molecule has 0 unspecified atom stereocenters. The van der Waals surface area contributed by atoms with E-state index in [1.807, 2.05) is 0 Å². The maximum Gasteiger partial charge on any atom is 0.123 e. The summed E-state index contributed by atoms with van der Waals surface area (Å²) in [6, 6.07) is 19.7. The number of rotatable bonds is 0. The van der Waals surface area contributed by atoms with Crippen LogP contribution in [0.4, 0.5) is 0 Å². The van der Waals surface area contributed by atoms with Gasteiger partial charge in [0.15, 0.2) is 0 Å². The Morgan fingerprint density at radius 1 is 0.739 bits per heavy atom. The van der Waals surface area contributed by atoms with E-state index in [0.717, 1.165) is 0 Å². The summed E-state index contributed by atoms with van der Waals surface area (Å²) in [5.41, 5.74) is 3.17. The standard InChI is InChI=1S/C18H16.C3H3NO/c1-3-7-15-13(5-1)9-11-18-16-8-4-2-6-14(16)10-12-17(15)18;1-2-4-5-3-1/h1,3,5,7,9-12H,2,4,6,8H2;1-3H. The predicted octanol–water partition coefficient (Wildman–Crippen LogP) is 5.55. The Morgan fingerprint density at radius 2 is 1.61 bits per heavy atom. The summed E-state index contributed by atoms with van der Waals surface area (Å²) in [6.45, 7) is 0. The van der Waals surface area contributed by atoms with Crippen molar-refractivity contribution in [2.24, 2.45) is 0 Å². The summed E-state index contributed by atoms with van der Waals surface area (Å²) < 4.78 is 4.33. The van der Waals surface area contributed by atoms with Gasteiger partial charge in [-0.25, -0.2) is 0 Å². The third-order valence-electron chi connectivity index (χ3n) is 4.60. The first-order valence-corrected chi connectivity index (χ1v) is 8.20. The lowest BCUT2D eigenvalue weighted by molar-refractivity contribution is 0.420. The molecule has 0 saturated carbocycles. The Kier molecular flexibility index (Phi) is 3.81. The molecule has 0 radical (unpaired) electrons. The van der Waals surface area contributed by atoms with Crippen LogP contribution in [0.25, 0.3) is 21.5 Å². The van der Waals surface area contributed by atoms with E-state index in [0.29, 0.717) is 0 Å². The van der Waals surface area contributed by atoms with Gasteiger partial charge >= 0.3 is 0 Å². The zero-order valence-corrected chi connectivity index (χ0v) is 13.0. The van der Waals surface area contributed by atoms with E-state index in [4.69, 9.17) is 0 Å². The third kappa shape index (κ3) is 2.72. The number of nitrogens with zero attached hydrogens (tertiary/aromatic N) is 1. The Labute approximate surface area is 135 Å². The van der Waals surface area contributed by atoms with Crippen LogP contribution in [0.1, 0.15) is 24.0 Å². The highest BCUT2D eigenvalue weighted by Gasteiger charge is 2.13. The van der Waals surface area contributed by atoms with Gasteiger partial charge in [0.25, 0.3) is 0 Å². The molecule has 0 amide bonds. The SMILES string of the molecule is c1ccc2c(c1)ccc1c3c(ccc12)CCCC3.c1cnoc1. The molecule has 2 nitrogen and oxygen atoms in total. The summed E-state index contributed by atoms with van der Waals surface area (Å²) in [5.74, 6) is 0. The van der Waals surface area contributed by atoms with Crippen LogP contribution in [0.3, 0.4) is 0 Å². The van der Waals surface area contributed by atoms with Gasteiger partial charge in [0.1, 0.15) is 6.26 Å². The molecule has 1 heterocycles. The Morgan fingerprint density at radius 3 is 2.43 bits per heavy atom. The Hall–Kier alpha value is -2.61. The minimum absolute atomic E-state index is 1.25. The maximum absolute atomic E-state index is 4.33. The number of aromatic nitrogens is 1. The summed E-state index contributed by atoms with van der Waals surface area (Å²) >= 11 is 0. The largest absolute Gasteiger partial charge is 0.365 e. The molecule has 0 aliphatic heterocycles. The second kappa shape index (κ2) is 6.25. The molecule has 0 N–H and O–H groups in total. The van der Waals surface area contributed by atoms with Crippen LogP contribution in [0, 0.1) is 0 Å². The maximum atomic E-state index is 4.33. The van der Waals surface area contributed by atoms with E-state index in [2.05, 4.69) is 58.2 Å². The Balaban J connectivity index is 0.000000233. The lowest BCUT2D eigenvalue weighted by Gasteiger charge is -2.18. The molecule has 4 aromatic rings. The van der Waals surface area contributed by atoms with Crippen molar-refractivity contribution in [3.63, 3.8) is 0 Å². The van der Waals surface area contributed by atoms with Crippen molar-refractivity contribution < 1.29 is 4.52 Å². The molecule has 3 aromatic carbocycles. The lowest BCUT2D eigenvalue weighted by atomic mass is 9.86. The van der Waals surface area contributed by atoms with Gasteiger partial charge in [-0.05, 0) is 64.4 Å². The van der Waals surface area contributed by atoms with Crippen LogP contribution in [0.15, 0.2) is 71.6 Å². The molecule has 1 aliphatic rings. The highest BCUT2D eigenvalue weighted by molar-refractivity contribution is 6.08. The summed E-state index contributed by atoms with van der Waals surface area (Å²) in [7, 11) is 0. The van der Waals surface area contributed by atoms with Crippen molar-refractivity contribution in [1.29, 1.82) is 0 Å². The lowest BCUT2D eigenvalue weighted by Crippen LogP contribution is -2.02. The first-order chi connectivity index (χ1) is 11.4. The molecule has 5 rings (SSSR count). The van der Waals surface area contributed by atoms with Crippen molar-refractivity contribution >= 4 is 21.5 Å². The summed E-state index contributed by atoms with van der Waals surface area (Å²) in [6.07, 6.45) is 8.31. The second-order valence-corrected chi connectivity index (χ2v) is 5.98. The summed E-state index contributed by atoms with van der Waals surface area (Å²) in [5, 5.41) is 8.99. The number of fused-ring (bicyclic) bond motifs is 5. The normalized spacial score (nSPS) is 13.4. The molecule has 1 aromatic heterocycles. The fraction of sp³-hybridized carbons (Fsp3) is 0.190. The van der Waals surface area contributed by atoms with Gasteiger partial charge < -0.3 is 4.52 Å². The average Bonchev–Trinajstić information content (AvgIpc) is 3.21. The minimum atomic E-state index is 1.25. The van der Waals surface area contributed by atoms with Crippen molar-refractivity contribution in [3.05, 3.63) is 78.2 Å². The predicted molar refractivity (Wildman–Crippen MR) is 94.6 cm³/mol. The van der Waals surface area contributed by atoms with Gasteiger partial charge in [-0.1, -0.05) is 53.7 Å². The van der Waals surface area contributed by atoms with Gasteiger partial charge in [0.05, 0.1) is 6.20 Å². The highest BCUT2D eigenvalue weighted by atomic mass is 16.5. The highest BCUT2D eigenvalue weighted by Crippen LogP contribution is 2.33. The zero-order chi connectivity index (χ0) is 15.5. The van der Waals surface area contributed by atoms with Crippen LogP contribution < -0.4 is 0 Å². The molecule has 1 aliphatic carbocycles. The van der Waals surface area contributed by atoms with Crippen molar-refractivity contribution in [2.75, 3.05) is 0 Å².